The van der Waals surface area contributed by atoms with Crippen LogP contribution in [-0.2, 0) is 9.53 Å². The molecule has 1 heterocycles. The molecule has 19 heavy (non-hydrogen) atoms. The highest BCUT2D eigenvalue weighted by Crippen LogP contribution is 2.14. The number of nitrogens with one attached hydrogen (secondary N) is 2. The normalized spacial score (nSPS) is 19.3. The zero-order chi connectivity index (χ0) is 14.5. The van der Waals surface area contributed by atoms with E-state index in [1.807, 2.05) is 21.0 Å². The maximum atomic E-state index is 11.9. The maximum absolute atomic E-state index is 11.9. The predicted molar refractivity (Wildman–Crippen MR) is 77.2 cm³/mol. The van der Waals surface area contributed by atoms with E-state index in [0.29, 0.717) is 5.92 Å². The van der Waals surface area contributed by atoms with E-state index >= 15 is 0 Å². The quantitative estimate of drug-likeness (QED) is 0.673. The van der Waals surface area contributed by atoms with E-state index in [1.165, 1.54) is 0 Å². The third-order valence-corrected chi connectivity index (χ3v) is 3.26. The number of likely N-dealkylation sites (N-methyl/N-ethyl adjacent to an activating group) is 1. The average Bonchev–Trinajstić information content (AvgIpc) is 2.21. The predicted octanol–water partition coefficient (Wildman–Crippen LogP) is 0.457. The zero-order valence-corrected chi connectivity index (χ0v) is 13.0. The van der Waals surface area contributed by atoms with Gasteiger partial charge in [0.05, 0.1) is 5.60 Å². The van der Waals surface area contributed by atoms with Crippen LogP contribution in [0, 0.1) is 5.92 Å². The minimum Gasteiger partial charge on any atom is -0.363 e. The van der Waals surface area contributed by atoms with Gasteiger partial charge in [-0.15, -0.1) is 0 Å². The summed E-state index contributed by atoms with van der Waals surface area (Å²) in [5.41, 5.74) is -0.160. The highest BCUT2D eigenvalue weighted by molar-refractivity contribution is 5.77. The van der Waals surface area contributed by atoms with Crippen LogP contribution in [-0.4, -0.2) is 62.8 Å². The third-order valence-electron chi connectivity index (χ3n) is 3.26. The van der Waals surface area contributed by atoms with Gasteiger partial charge in [0.25, 0.3) is 0 Å². The lowest BCUT2D eigenvalue weighted by atomic mass is 10.0. The molecule has 1 fully saturated rings. The molecule has 0 aromatic heterocycles. The van der Waals surface area contributed by atoms with Gasteiger partial charge in [0.1, 0.15) is 6.61 Å². The maximum Gasteiger partial charge on any atom is 0.246 e. The summed E-state index contributed by atoms with van der Waals surface area (Å²) in [5, 5.41) is 6.23. The van der Waals surface area contributed by atoms with Crippen LogP contribution in [0.15, 0.2) is 0 Å². The Bertz CT molecular complexity index is 278. The molecule has 0 saturated carbocycles. The van der Waals surface area contributed by atoms with Gasteiger partial charge in [-0.05, 0) is 33.4 Å². The van der Waals surface area contributed by atoms with Crippen LogP contribution in [0.2, 0.25) is 0 Å². The van der Waals surface area contributed by atoms with Crippen molar-refractivity contribution in [2.75, 3.05) is 40.3 Å². The van der Waals surface area contributed by atoms with Gasteiger partial charge in [-0.25, -0.2) is 0 Å². The summed E-state index contributed by atoms with van der Waals surface area (Å²) in [5.74, 6) is 0.556. The first-order valence-corrected chi connectivity index (χ1v) is 7.09. The molecule has 1 saturated heterocycles. The zero-order valence-electron chi connectivity index (χ0n) is 13.0. The molecule has 0 bridgehead atoms. The Hall–Kier alpha value is -0.650. The second-order valence-corrected chi connectivity index (χ2v) is 6.50. The van der Waals surface area contributed by atoms with Crippen molar-refractivity contribution in [3.63, 3.8) is 0 Å². The van der Waals surface area contributed by atoms with Gasteiger partial charge in [0.15, 0.2) is 0 Å². The molecule has 0 aromatic rings. The van der Waals surface area contributed by atoms with Crippen molar-refractivity contribution in [3.8, 4) is 0 Å². The second kappa shape index (κ2) is 7.22. The smallest absolute Gasteiger partial charge is 0.246 e. The minimum absolute atomic E-state index is 0.0133. The first-order valence-electron chi connectivity index (χ1n) is 7.09. The number of rotatable bonds is 8. The van der Waals surface area contributed by atoms with E-state index in [4.69, 9.17) is 4.74 Å². The SMILES string of the molecule is CC(C)CC(CN(C)C)NC(=O)COC1(C)CNC1. The Morgan fingerprint density at radius 1 is 1.42 bits per heavy atom. The first-order chi connectivity index (χ1) is 8.81. The third kappa shape index (κ3) is 6.36. The first kappa shape index (κ1) is 16.4. The number of amides is 1. The molecular formula is C14H29N3O2. The highest BCUT2D eigenvalue weighted by atomic mass is 16.5. The summed E-state index contributed by atoms with van der Waals surface area (Å²) < 4.78 is 5.65. The van der Waals surface area contributed by atoms with Crippen LogP contribution in [0.1, 0.15) is 27.2 Å². The largest absolute Gasteiger partial charge is 0.363 e. The monoisotopic (exact) mass is 271 g/mol. The van der Waals surface area contributed by atoms with Crippen LogP contribution in [0.4, 0.5) is 0 Å². The van der Waals surface area contributed by atoms with Crippen LogP contribution in [0.25, 0.3) is 0 Å². The van der Waals surface area contributed by atoms with Crippen molar-refractivity contribution in [1.82, 2.24) is 15.5 Å². The number of carbonyl (C=O) groups excluding carboxylic acids is 1. The Labute approximate surface area is 117 Å². The van der Waals surface area contributed by atoms with Crippen molar-refractivity contribution in [3.05, 3.63) is 0 Å². The van der Waals surface area contributed by atoms with E-state index in [1.54, 1.807) is 0 Å². The van der Waals surface area contributed by atoms with Crippen LogP contribution in [0.3, 0.4) is 0 Å². The molecule has 5 heteroatoms. The fourth-order valence-electron chi connectivity index (χ4n) is 2.28. The summed E-state index contributed by atoms with van der Waals surface area (Å²) >= 11 is 0. The summed E-state index contributed by atoms with van der Waals surface area (Å²) in [7, 11) is 4.05. The molecule has 1 rings (SSSR count). The van der Waals surface area contributed by atoms with Crippen molar-refractivity contribution in [1.29, 1.82) is 0 Å². The molecule has 1 atom stereocenters. The molecule has 0 radical (unpaired) electrons. The van der Waals surface area contributed by atoms with Crippen molar-refractivity contribution >= 4 is 5.91 Å². The van der Waals surface area contributed by atoms with E-state index in [2.05, 4.69) is 29.4 Å². The van der Waals surface area contributed by atoms with Crippen molar-refractivity contribution in [2.24, 2.45) is 5.92 Å². The lowest BCUT2D eigenvalue weighted by Gasteiger charge is -2.38. The Balaban J connectivity index is 2.32. The molecule has 0 aromatic carbocycles. The summed E-state index contributed by atoms with van der Waals surface area (Å²) in [6.45, 7) is 9.05. The van der Waals surface area contributed by atoms with E-state index in [-0.39, 0.29) is 24.2 Å². The standard InChI is InChI=1S/C14H29N3O2/c1-11(2)6-12(7-17(4)5)16-13(18)8-19-14(3)9-15-10-14/h11-12,15H,6-10H2,1-5H3,(H,16,18). The van der Waals surface area contributed by atoms with Gasteiger partial charge in [0.2, 0.25) is 5.91 Å². The second-order valence-electron chi connectivity index (χ2n) is 6.50. The molecule has 5 nitrogen and oxygen atoms in total. The summed E-state index contributed by atoms with van der Waals surface area (Å²) in [6.07, 6.45) is 0.989. The topological polar surface area (TPSA) is 53.6 Å². The van der Waals surface area contributed by atoms with Gasteiger partial charge in [-0.2, -0.15) is 0 Å². The van der Waals surface area contributed by atoms with Crippen molar-refractivity contribution < 1.29 is 9.53 Å². The van der Waals surface area contributed by atoms with E-state index in [9.17, 15) is 4.79 Å². The number of carbonyl (C=O) groups is 1. The molecule has 1 amide bonds. The Kier molecular flexibility index (Phi) is 6.23. The molecule has 0 aliphatic carbocycles. The molecule has 1 aliphatic heterocycles. The molecule has 0 spiro atoms. The Morgan fingerprint density at radius 2 is 2.05 bits per heavy atom. The average molecular weight is 271 g/mol. The minimum atomic E-state index is -0.160. The van der Waals surface area contributed by atoms with Crippen LogP contribution >= 0.6 is 0 Å². The number of ether oxygens (including phenoxy) is 1. The van der Waals surface area contributed by atoms with Gasteiger partial charge in [-0.1, -0.05) is 13.8 Å². The van der Waals surface area contributed by atoms with Crippen LogP contribution < -0.4 is 10.6 Å². The summed E-state index contributed by atoms with van der Waals surface area (Å²) in [4.78, 5) is 14.0. The Morgan fingerprint density at radius 3 is 2.47 bits per heavy atom. The molecule has 1 aliphatic rings. The molecular weight excluding hydrogens is 242 g/mol. The number of hydrogen-bond acceptors (Lipinski definition) is 4. The molecule has 2 N–H and O–H groups in total. The van der Waals surface area contributed by atoms with Gasteiger partial charge in [-0.3, -0.25) is 4.79 Å². The fraction of sp³-hybridized carbons (Fsp3) is 0.929. The number of hydrogen-bond donors (Lipinski definition) is 2. The lowest BCUT2D eigenvalue weighted by molar-refractivity contribution is -0.136. The highest BCUT2D eigenvalue weighted by Gasteiger charge is 2.33. The van der Waals surface area contributed by atoms with Gasteiger partial charge >= 0.3 is 0 Å². The number of nitrogens with zero attached hydrogens (tertiary/aromatic N) is 1. The van der Waals surface area contributed by atoms with E-state index < -0.39 is 0 Å². The van der Waals surface area contributed by atoms with Crippen LogP contribution in [0.5, 0.6) is 0 Å². The fourth-order valence-corrected chi connectivity index (χ4v) is 2.28. The molecule has 1 unspecified atom stereocenters. The lowest BCUT2D eigenvalue weighted by Crippen LogP contribution is -2.60. The van der Waals surface area contributed by atoms with Gasteiger partial charge < -0.3 is 20.3 Å². The van der Waals surface area contributed by atoms with Crippen molar-refractivity contribution in [2.45, 2.75) is 38.8 Å². The van der Waals surface area contributed by atoms with Gasteiger partial charge in [0, 0.05) is 25.7 Å². The summed E-state index contributed by atoms with van der Waals surface area (Å²) in [6, 6.07) is 0.193. The molecule has 112 valence electrons. The van der Waals surface area contributed by atoms with E-state index in [0.717, 1.165) is 26.1 Å².